The van der Waals surface area contributed by atoms with Crippen LogP contribution in [0.15, 0.2) is 24.3 Å². The average Bonchev–Trinajstić information content (AvgIpc) is 2.90. The Hall–Kier alpha value is -1.63. The molecule has 0 saturated carbocycles. The number of benzene rings is 1. The number of nitrogens with zero attached hydrogens (tertiary/aromatic N) is 1. The standard InChI is InChI=1S/C14H18N4O2.ClH/c15-9-14(5-7-20-8-6-14)12(19)18-13-16-10-3-1-2-4-11(10)17-13;/h1-4H,5-9,15H2,(H2,16,17,18,19);1H. The molecule has 7 heteroatoms. The van der Waals surface area contributed by atoms with Crippen LogP contribution in [0.2, 0.25) is 0 Å². The van der Waals surface area contributed by atoms with Gasteiger partial charge in [-0.25, -0.2) is 4.98 Å². The molecule has 1 fully saturated rings. The third-order valence-electron chi connectivity index (χ3n) is 3.94. The number of imidazole rings is 1. The topological polar surface area (TPSA) is 93.0 Å². The zero-order valence-electron chi connectivity index (χ0n) is 11.6. The van der Waals surface area contributed by atoms with E-state index in [9.17, 15) is 4.79 Å². The maximum Gasteiger partial charge on any atom is 0.234 e. The SMILES string of the molecule is Cl.NCC1(C(=O)Nc2nc3ccccc3[nH]2)CCOCC1. The predicted molar refractivity (Wildman–Crippen MR) is 83.5 cm³/mol. The Bertz CT molecular complexity index is 589. The zero-order chi connectivity index (χ0) is 14.0. The molecule has 0 aliphatic carbocycles. The Kier molecular flexibility index (Phi) is 4.82. The number of halogens is 1. The first-order valence-corrected chi connectivity index (χ1v) is 6.77. The van der Waals surface area contributed by atoms with Gasteiger partial charge in [-0.1, -0.05) is 12.1 Å². The molecule has 114 valence electrons. The molecule has 1 amide bonds. The molecule has 0 atom stereocenters. The Morgan fingerprint density at radius 3 is 2.76 bits per heavy atom. The molecule has 1 saturated heterocycles. The normalized spacial score (nSPS) is 17.2. The molecule has 4 N–H and O–H groups in total. The number of aromatic nitrogens is 2. The monoisotopic (exact) mass is 310 g/mol. The van der Waals surface area contributed by atoms with Gasteiger partial charge >= 0.3 is 0 Å². The number of anilines is 1. The summed E-state index contributed by atoms with van der Waals surface area (Å²) in [6.45, 7) is 1.47. The average molecular weight is 311 g/mol. The number of ether oxygens (including phenoxy) is 1. The lowest BCUT2D eigenvalue weighted by Gasteiger charge is -2.34. The van der Waals surface area contributed by atoms with Crippen molar-refractivity contribution in [3.8, 4) is 0 Å². The lowest BCUT2D eigenvalue weighted by atomic mass is 9.79. The van der Waals surface area contributed by atoms with Gasteiger partial charge in [-0.2, -0.15) is 0 Å². The molecular weight excluding hydrogens is 292 g/mol. The van der Waals surface area contributed by atoms with E-state index < -0.39 is 5.41 Å². The Balaban J connectivity index is 0.00000161. The molecule has 1 aromatic carbocycles. The second-order valence-electron chi connectivity index (χ2n) is 5.15. The number of H-pyrrole nitrogens is 1. The van der Waals surface area contributed by atoms with E-state index in [4.69, 9.17) is 10.5 Å². The molecule has 3 rings (SSSR count). The van der Waals surface area contributed by atoms with Gasteiger partial charge in [0, 0.05) is 19.8 Å². The number of hydrogen-bond donors (Lipinski definition) is 3. The number of nitrogens with one attached hydrogen (secondary N) is 2. The summed E-state index contributed by atoms with van der Waals surface area (Å²) in [6.07, 6.45) is 1.30. The quantitative estimate of drug-likeness (QED) is 0.804. The molecule has 1 aliphatic heterocycles. The van der Waals surface area contributed by atoms with E-state index in [0.717, 1.165) is 11.0 Å². The van der Waals surface area contributed by atoms with Gasteiger partial charge in [0.25, 0.3) is 0 Å². The van der Waals surface area contributed by atoms with E-state index in [2.05, 4.69) is 15.3 Å². The van der Waals surface area contributed by atoms with Crippen LogP contribution in [-0.2, 0) is 9.53 Å². The molecule has 2 aromatic rings. The second kappa shape index (κ2) is 6.43. The van der Waals surface area contributed by atoms with Crippen LogP contribution in [0.25, 0.3) is 11.0 Å². The number of carbonyl (C=O) groups is 1. The third kappa shape index (κ3) is 3.02. The number of amides is 1. The first-order chi connectivity index (χ1) is 9.73. The Morgan fingerprint density at radius 1 is 1.38 bits per heavy atom. The first-order valence-electron chi connectivity index (χ1n) is 6.77. The van der Waals surface area contributed by atoms with Crippen molar-refractivity contribution in [1.29, 1.82) is 0 Å². The largest absolute Gasteiger partial charge is 0.381 e. The van der Waals surface area contributed by atoms with Crippen molar-refractivity contribution in [1.82, 2.24) is 9.97 Å². The molecule has 2 heterocycles. The van der Waals surface area contributed by atoms with Gasteiger partial charge in [-0.05, 0) is 25.0 Å². The molecular formula is C14H19ClN4O2. The van der Waals surface area contributed by atoms with Crippen molar-refractivity contribution in [2.75, 3.05) is 25.1 Å². The van der Waals surface area contributed by atoms with E-state index in [0.29, 0.717) is 38.5 Å². The van der Waals surface area contributed by atoms with Gasteiger partial charge in [-0.3, -0.25) is 10.1 Å². The lowest BCUT2D eigenvalue weighted by Crippen LogP contribution is -2.46. The predicted octanol–water partition coefficient (Wildman–Crippen LogP) is 1.68. The maximum absolute atomic E-state index is 12.5. The Morgan fingerprint density at radius 2 is 2.10 bits per heavy atom. The number of carbonyl (C=O) groups excluding carboxylic acids is 1. The lowest BCUT2D eigenvalue weighted by molar-refractivity contribution is -0.130. The van der Waals surface area contributed by atoms with E-state index in [1.165, 1.54) is 0 Å². The number of hydrogen-bond acceptors (Lipinski definition) is 4. The van der Waals surface area contributed by atoms with Crippen LogP contribution < -0.4 is 11.1 Å². The summed E-state index contributed by atoms with van der Waals surface area (Å²) in [6, 6.07) is 7.65. The highest BCUT2D eigenvalue weighted by atomic mass is 35.5. The smallest absolute Gasteiger partial charge is 0.234 e. The fraction of sp³-hybridized carbons (Fsp3) is 0.429. The van der Waals surface area contributed by atoms with Gasteiger partial charge in [0.05, 0.1) is 16.4 Å². The number of aromatic amines is 1. The summed E-state index contributed by atoms with van der Waals surface area (Å²) >= 11 is 0. The van der Waals surface area contributed by atoms with Crippen molar-refractivity contribution < 1.29 is 9.53 Å². The third-order valence-corrected chi connectivity index (χ3v) is 3.94. The van der Waals surface area contributed by atoms with Crippen LogP contribution in [0.4, 0.5) is 5.95 Å². The number of fused-ring (bicyclic) bond motifs is 1. The van der Waals surface area contributed by atoms with Gasteiger partial charge in [-0.15, -0.1) is 12.4 Å². The second-order valence-corrected chi connectivity index (χ2v) is 5.15. The van der Waals surface area contributed by atoms with Crippen LogP contribution in [-0.4, -0.2) is 35.6 Å². The summed E-state index contributed by atoms with van der Waals surface area (Å²) in [5.74, 6) is 0.387. The van der Waals surface area contributed by atoms with Gasteiger partial charge in [0.2, 0.25) is 11.9 Å². The Labute approximate surface area is 128 Å². The van der Waals surface area contributed by atoms with E-state index in [-0.39, 0.29) is 18.3 Å². The van der Waals surface area contributed by atoms with Crippen molar-refractivity contribution in [3.05, 3.63) is 24.3 Å². The number of nitrogens with two attached hydrogens (primary N) is 1. The molecule has 1 aromatic heterocycles. The summed E-state index contributed by atoms with van der Waals surface area (Å²) < 4.78 is 5.32. The van der Waals surface area contributed by atoms with Gasteiger partial charge in [0.15, 0.2) is 0 Å². The van der Waals surface area contributed by atoms with Crippen molar-refractivity contribution >= 4 is 35.3 Å². The van der Waals surface area contributed by atoms with Gasteiger partial charge < -0.3 is 15.5 Å². The zero-order valence-corrected chi connectivity index (χ0v) is 12.4. The molecule has 1 aliphatic rings. The van der Waals surface area contributed by atoms with Crippen LogP contribution in [0.1, 0.15) is 12.8 Å². The van der Waals surface area contributed by atoms with Crippen molar-refractivity contribution in [3.63, 3.8) is 0 Å². The maximum atomic E-state index is 12.5. The van der Waals surface area contributed by atoms with E-state index >= 15 is 0 Å². The summed E-state index contributed by atoms with van der Waals surface area (Å²) in [4.78, 5) is 19.9. The van der Waals surface area contributed by atoms with Gasteiger partial charge in [0.1, 0.15) is 0 Å². The highest BCUT2D eigenvalue weighted by Crippen LogP contribution is 2.30. The molecule has 21 heavy (non-hydrogen) atoms. The van der Waals surface area contributed by atoms with Crippen molar-refractivity contribution in [2.45, 2.75) is 12.8 Å². The van der Waals surface area contributed by atoms with Crippen LogP contribution in [0, 0.1) is 5.41 Å². The summed E-state index contributed by atoms with van der Waals surface area (Å²) in [7, 11) is 0. The molecule has 6 nitrogen and oxygen atoms in total. The minimum absolute atomic E-state index is 0. The fourth-order valence-corrected chi connectivity index (χ4v) is 2.54. The van der Waals surface area contributed by atoms with Crippen molar-refractivity contribution in [2.24, 2.45) is 11.1 Å². The minimum Gasteiger partial charge on any atom is -0.381 e. The van der Waals surface area contributed by atoms with Crippen LogP contribution in [0.3, 0.4) is 0 Å². The molecule has 0 unspecified atom stereocenters. The summed E-state index contributed by atoms with van der Waals surface area (Å²) in [5, 5.41) is 2.85. The van der Waals surface area contributed by atoms with Crippen LogP contribution >= 0.6 is 12.4 Å². The number of para-hydroxylation sites is 2. The fourth-order valence-electron chi connectivity index (χ4n) is 2.54. The minimum atomic E-state index is -0.544. The number of rotatable bonds is 3. The molecule has 0 radical (unpaired) electrons. The molecule has 0 bridgehead atoms. The summed E-state index contributed by atoms with van der Waals surface area (Å²) in [5.41, 5.74) is 7.01. The van der Waals surface area contributed by atoms with E-state index in [1.54, 1.807) is 0 Å². The van der Waals surface area contributed by atoms with E-state index in [1.807, 2.05) is 24.3 Å². The first kappa shape index (κ1) is 15.8. The highest BCUT2D eigenvalue weighted by Gasteiger charge is 2.39. The molecule has 0 spiro atoms. The van der Waals surface area contributed by atoms with Crippen LogP contribution in [0.5, 0.6) is 0 Å². The highest BCUT2D eigenvalue weighted by molar-refractivity contribution is 5.95.